The standard InChI is InChI=1S/C22H15BrFN3O4S/c1-2-26-21(28)20(32-22(26)25-14-5-3-13(24)4-6-14)12-16-8-10-19(31-16)17-9-7-15(27(29)30)11-18(17)23/h3-12H,2H2,1H3/b20-12-,25-22?. The number of nitro benzene ring substituents is 1. The van der Waals surface area contributed by atoms with Crippen molar-refractivity contribution in [2.24, 2.45) is 4.99 Å². The topological polar surface area (TPSA) is 89.0 Å². The Labute approximate surface area is 194 Å². The van der Waals surface area contributed by atoms with Gasteiger partial charge in [-0.15, -0.1) is 0 Å². The zero-order valence-corrected chi connectivity index (χ0v) is 19.0. The van der Waals surface area contributed by atoms with E-state index in [1.807, 2.05) is 6.92 Å². The van der Waals surface area contributed by atoms with Gasteiger partial charge in [-0.05, 0) is 77.1 Å². The van der Waals surface area contributed by atoms with E-state index in [-0.39, 0.29) is 17.4 Å². The van der Waals surface area contributed by atoms with Gasteiger partial charge in [0.25, 0.3) is 11.6 Å². The van der Waals surface area contributed by atoms with Crippen molar-refractivity contribution in [2.45, 2.75) is 6.92 Å². The number of hydrogen-bond donors (Lipinski definition) is 0. The molecule has 2 aromatic carbocycles. The zero-order valence-electron chi connectivity index (χ0n) is 16.6. The van der Waals surface area contributed by atoms with Crippen LogP contribution in [-0.2, 0) is 4.79 Å². The summed E-state index contributed by atoms with van der Waals surface area (Å²) in [6.07, 6.45) is 1.63. The third-order valence-corrected chi connectivity index (χ3v) is 6.25. The van der Waals surface area contributed by atoms with E-state index in [1.165, 1.54) is 40.9 Å². The van der Waals surface area contributed by atoms with Crippen molar-refractivity contribution in [3.63, 3.8) is 0 Å². The molecule has 3 aromatic rings. The zero-order chi connectivity index (χ0) is 22.8. The van der Waals surface area contributed by atoms with Gasteiger partial charge in [-0.25, -0.2) is 9.38 Å². The summed E-state index contributed by atoms with van der Waals surface area (Å²) in [6.45, 7) is 2.28. The Bertz CT molecular complexity index is 1270. The van der Waals surface area contributed by atoms with Crippen molar-refractivity contribution in [1.82, 2.24) is 4.90 Å². The van der Waals surface area contributed by atoms with Gasteiger partial charge in [-0.1, -0.05) is 0 Å². The SMILES string of the molecule is CCN1C(=O)/C(=C/c2ccc(-c3ccc([N+](=O)[O-])cc3Br)o2)SC1=Nc1ccc(F)cc1. The smallest absolute Gasteiger partial charge is 0.270 e. The van der Waals surface area contributed by atoms with Crippen molar-refractivity contribution in [2.75, 3.05) is 6.54 Å². The summed E-state index contributed by atoms with van der Waals surface area (Å²) < 4.78 is 19.5. The van der Waals surface area contributed by atoms with E-state index in [9.17, 15) is 19.3 Å². The molecule has 0 atom stereocenters. The molecule has 1 fully saturated rings. The van der Waals surface area contributed by atoms with Gasteiger partial charge in [0.15, 0.2) is 5.17 Å². The predicted octanol–water partition coefficient (Wildman–Crippen LogP) is 6.38. The molecule has 1 saturated heterocycles. The lowest BCUT2D eigenvalue weighted by Gasteiger charge is -2.11. The number of amidine groups is 1. The maximum Gasteiger partial charge on any atom is 0.270 e. The van der Waals surface area contributed by atoms with Crippen LogP contribution in [0.3, 0.4) is 0 Å². The molecule has 0 bridgehead atoms. The third kappa shape index (κ3) is 4.51. The van der Waals surface area contributed by atoms with Crippen LogP contribution in [0.25, 0.3) is 17.4 Å². The summed E-state index contributed by atoms with van der Waals surface area (Å²) >= 11 is 4.54. The van der Waals surface area contributed by atoms with E-state index in [0.717, 1.165) is 0 Å². The molecular formula is C22H15BrFN3O4S. The van der Waals surface area contributed by atoms with E-state index in [2.05, 4.69) is 20.9 Å². The van der Waals surface area contributed by atoms with Gasteiger partial charge in [0.1, 0.15) is 17.3 Å². The van der Waals surface area contributed by atoms with Crippen LogP contribution in [0.1, 0.15) is 12.7 Å². The number of thioether (sulfide) groups is 1. The van der Waals surface area contributed by atoms with E-state index < -0.39 is 4.92 Å². The number of rotatable bonds is 5. The molecule has 1 aromatic heterocycles. The maximum atomic E-state index is 13.1. The highest BCUT2D eigenvalue weighted by molar-refractivity contribution is 9.10. The summed E-state index contributed by atoms with van der Waals surface area (Å²) in [5.41, 5.74) is 1.17. The number of hydrogen-bond acceptors (Lipinski definition) is 6. The van der Waals surface area contributed by atoms with Crippen LogP contribution in [0.4, 0.5) is 15.8 Å². The quantitative estimate of drug-likeness (QED) is 0.223. The molecule has 0 radical (unpaired) electrons. The fraction of sp³-hybridized carbons (Fsp3) is 0.0909. The van der Waals surface area contributed by atoms with Gasteiger partial charge in [0.2, 0.25) is 0 Å². The normalized spacial score (nSPS) is 16.3. The fourth-order valence-corrected chi connectivity index (χ4v) is 4.62. The van der Waals surface area contributed by atoms with Crippen molar-refractivity contribution >= 4 is 56.2 Å². The molecule has 162 valence electrons. The summed E-state index contributed by atoms with van der Waals surface area (Å²) in [5.74, 6) is 0.403. The van der Waals surface area contributed by atoms with Gasteiger partial charge in [0, 0.05) is 34.8 Å². The predicted molar refractivity (Wildman–Crippen MR) is 125 cm³/mol. The Kier molecular flexibility index (Phi) is 6.24. The molecule has 2 heterocycles. The number of non-ortho nitro benzene ring substituents is 1. The Morgan fingerprint density at radius 3 is 2.62 bits per heavy atom. The van der Waals surface area contributed by atoms with Gasteiger partial charge in [0.05, 0.1) is 15.5 Å². The molecule has 32 heavy (non-hydrogen) atoms. The maximum absolute atomic E-state index is 13.1. The first-order valence-electron chi connectivity index (χ1n) is 9.45. The summed E-state index contributed by atoms with van der Waals surface area (Å²) in [7, 11) is 0. The molecule has 7 nitrogen and oxygen atoms in total. The molecule has 0 spiro atoms. The van der Waals surface area contributed by atoms with Gasteiger partial charge in [-0.3, -0.25) is 19.8 Å². The van der Waals surface area contributed by atoms with Crippen LogP contribution >= 0.6 is 27.7 Å². The highest BCUT2D eigenvalue weighted by Crippen LogP contribution is 2.36. The van der Waals surface area contributed by atoms with Crippen LogP contribution in [0, 0.1) is 15.9 Å². The number of benzene rings is 2. The Morgan fingerprint density at radius 1 is 1.22 bits per heavy atom. The van der Waals surface area contributed by atoms with Crippen molar-refractivity contribution in [3.05, 3.63) is 85.7 Å². The van der Waals surface area contributed by atoms with Gasteiger partial charge < -0.3 is 4.42 Å². The second-order valence-corrected chi connectivity index (χ2v) is 8.52. The molecule has 0 aliphatic carbocycles. The number of carbonyl (C=O) groups is 1. The first kappa shape index (κ1) is 22.0. The van der Waals surface area contributed by atoms with Crippen molar-refractivity contribution in [1.29, 1.82) is 0 Å². The Balaban J connectivity index is 1.60. The first-order chi connectivity index (χ1) is 15.4. The number of furan rings is 1. The molecule has 0 N–H and O–H groups in total. The van der Waals surface area contributed by atoms with Crippen LogP contribution in [0.2, 0.25) is 0 Å². The minimum Gasteiger partial charge on any atom is -0.457 e. The lowest BCUT2D eigenvalue weighted by molar-refractivity contribution is -0.384. The lowest BCUT2D eigenvalue weighted by atomic mass is 10.1. The van der Waals surface area contributed by atoms with Crippen LogP contribution < -0.4 is 0 Å². The highest BCUT2D eigenvalue weighted by atomic mass is 79.9. The fourth-order valence-electron chi connectivity index (χ4n) is 3.02. The first-order valence-corrected chi connectivity index (χ1v) is 11.1. The van der Waals surface area contributed by atoms with Crippen molar-refractivity contribution < 1.29 is 18.5 Å². The lowest BCUT2D eigenvalue weighted by Crippen LogP contribution is -2.28. The average molecular weight is 516 g/mol. The van der Waals surface area contributed by atoms with E-state index in [1.54, 1.807) is 36.4 Å². The number of carbonyl (C=O) groups excluding carboxylic acids is 1. The van der Waals surface area contributed by atoms with E-state index >= 15 is 0 Å². The largest absolute Gasteiger partial charge is 0.457 e. The molecule has 0 saturated carbocycles. The second kappa shape index (κ2) is 9.09. The summed E-state index contributed by atoms with van der Waals surface area (Å²) in [5, 5.41) is 11.4. The van der Waals surface area contributed by atoms with Crippen LogP contribution in [0.15, 0.2) is 73.4 Å². The molecule has 1 aliphatic heterocycles. The number of aliphatic imine (C=N–C) groups is 1. The number of nitrogens with zero attached hydrogens (tertiary/aromatic N) is 3. The van der Waals surface area contributed by atoms with Crippen LogP contribution in [0.5, 0.6) is 0 Å². The van der Waals surface area contributed by atoms with Crippen LogP contribution in [-0.4, -0.2) is 27.4 Å². The number of amides is 1. The average Bonchev–Trinajstić information content (AvgIpc) is 3.34. The summed E-state index contributed by atoms with van der Waals surface area (Å²) in [4.78, 5) is 29.7. The number of halogens is 2. The summed E-state index contributed by atoms with van der Waals surface area (Å²) in [6, 6.07) is 13.6. The molecule has 0 unspecified atom stereocenters. The molecular weight excluding hydrogens is 501 g/mol. The van der Waals surface area contributed by atoms with E-state index in [0.29, 0.717) is 43.9 Å². The Morgan fingerprint density at radius 2 is 1.97 bits per heavy atom. The minimum atomic E-state index is -0.472. The van der Waals surface area contributed by atoms with Gasteiger partial charge >= 0.3 is 0 Å². The number of likely N-dealkylation sites (N-methyl/N-ethyl adjacent to an activating group) is 1. The third-order valence-electron chi connectivity index (χ3n) is 4.58. The molecule has 10 heteroatoms. The molecule has 1 aliphatic rings. The second-order valence-electron chi connectivity index (χ2n) is 6.65. The van der Waals surface area contributed by atoms with E-state index in [4.69, 9.17) is 4.42 Å². The Hall–Kier alpha value is -3.24. The molecule has 4 rings (SSSR count). The van der Waals surface area contributed by atoms with Crippen molar-refractivity contribution in [3.8, 4) is 11.3 Å². The monoisotopic (exact) mass is 515 g/mol. The highest BCUT2D eigenvalue weighted by Gasteiger charge is 2.32. The minimum absolute atomic E-state index is 0.0323. The molecule has 1 amide bonds. The number of nitro groups is 1. The van der Waals surface area contributed by atoms with Gasteiger partial charge in [-0.2, -0.15) is 0 Å².